The summed E-state index contributed by atoms with van der Waals surface area (Å²) >= 11 is 0. The number of para-hydroxylation sites is 2. The minimum absolute atomic E-state index is 0.636. The third kappa shape index (κ3) is 4.70. The molecule has 0 bridgehead atoms. The molecule has 3 aromatic carbocycles. The minimum atomic E-state index is 0.636. The Morgan fingerprint density at radius 1 is 0.840 bits per heavy atom. The van der Waals surface area contributed by atoms with Gasteiger partial charge in [-0.25, -0.2) is 0 Å². The van der Waals surface area contributed by atoms with E-state index in [9.17, 15) is 0 Å². The highest BCUT2D eigenvalue weighted by Gasteiger charge is 2.06. The molecule has 0 aromatic heterocycles. The van der Waals surface area contributed by atoms with Gasteiger partial charge in [0.1, 0.15) is 5.75 Å². The lowest BCUT2D eigenvalue weighted by Gasteiger charge is -2.19. The van der Waals surface area contributed by atoms with E-state index >= 15 is 0 Å². The smallest absolute Gasteiger partial charge is 0.128 e. The summed E-state index contributed by atoms with van der Waals surface area (Å²) in [6, 6.07) is 28.5. The Labute approximate surface area is 149 Å². The van der Waals surface area contributed by atoms with E-state index in [0.29, 0.717) is 13.2 Å². The van der Waals surface area contributed by atoms with Gasteiger partial charge < -0.3 is 4.74 Å². The molecule has 0 fully saturated rings. The summed E-state index contributed by atoms with van der Waals surface area (Å²) in [6.45, 7) is 3.33. The van der Waals surface area contributed by atoms with Gasteiger partial charge in [0.25, 0.3) is 0 Å². The van der Waals surface area contributed by atoms with E-state index in [1.165, 1.54) is 5.56 Å². The molecule has 0 radical (unpaired) electrons. The standard InChI is InChI=1S/C22H22N2O/c1-2-25-22-16-10-9-13-20(22)17-23-24(21-14-7-4-8-15-21)18-19-11-5-3-6-12-19/h3-17H,2,18H2,1H3. The van der Waals surface area contributed by atoms with Crippen molar-refractivity contribution in [1.29, 1.82) is 0 Å². The summed E-state index contributed by atoms with van der Waals surface area (Å²) in [6.07, 6.45) is 1.86. The lowest BCUT2D eigenvalue weighted by atomic mass is 10.2. The number of ether oxygens (including phenoxy) is 1. The molecule has 0 aliphatic carbocycles. The molecule has 3 aromatic rings. The Morgan fingerprint density at radius 2 is 1.48 bits per heavy atom. The third-order valence-corrected chi connectivity index (χ3v) is 3.78. The number of hydrogen-bond acceptors (Lipinski definition) is 3. The number of hydrazone groups is 1. The molecule has 126 valence electrons. The van der Waals surface area contributed by atoms with E-state index in [1.54, 1.807) is 0 Å². The summed E-state index contributed by atoms with van der Waals surface area (Å²) in [5.41, 5.74) is 3.23. The molecular formula is C22H22N2O. The Bertz CT molecular complexity index is 801. The monoisotopic (exact) mass is 330 g/mol. The van der Waals surface area contributed by atoms with Crippen molar-refractivity contribution in [3.05, 3.63) is 96.1 Å². The first-order valence-corrected chi connectivity index (χ1v) is 8.49. The second kappa shape index (κ2) is 8.69. The van der Waals surface area contributed by atoms with Gasteiger partial charge in [-0.2, -0.15) is 5.10 Å². The van der Waals surface area contributed by atoms with E-state index in [2.05, 4.69) is 24.3 Å². The van der Waals surface area contributed by atoms with Crippen LogP contribution >= 0.6 is 0 Å². The first-order chi connectivity index (χ1) is 12.4. The van der Waals surface area contributed by atoms with Crippen LogP contribution in [-0.4, -0.2) is 12.8 Å². The van der Waals surface area contributed by atoms with Gasteiger partial charge in [0.15, 0.2) is 0 Å². The largest absolute Gasteiger partial charge is 0.493 e. The summed E-state index contributed by atoms with van der Waals surface area (Å²) in [7, 11) is 0. The maximum absolute atomic E-state index is 5.68. The maximum Gasteiger partial charge on any atom is 0.128 e. The van der Waals surface area contributed by atoms with Gasteiger partial charge in [-0.15, -0.1) is 0 Å². The summed E-state index contributed by atoms with van der Waals surface area (Å²) < 4.78 is 5.68. The normalized spacial score (nSPS) is 10.8. The Hall–Kier alpha value is -3.07. The molecule has 0 heterocycles. The zero-order valence-electron chi connectivity index (χ0n) is 14.4. The highest BCUT2D eigenvalue weighted by molar-refractivity contribution is 5.84. The van der Waals surface area contributed by atoms with E-state index < -0.39 is 0 Å². The zero-order chi connectivity index (χ0) is 17.3. The number of anilines is 1. The van der Waals surface area contributed by atoms with Gasteiger partial charge in [0.2, 0.25) is 0 Å². The fourth-order valence-electron chi connectivity index (χ4n) is 2.56. The SMILES string of the molecule is CCOc1ccccc1C=NN(Cc1ccccc1)c1ccccc1. The third-order valence-electron chi connectivity index (χ3n) is 3.78. The van der Waals surface area contributed by atoms with Crippen molar-refractivity contribution in [3.63, 3.8) is 0 Å². The number of benzene rings is 3. The topological polar surface area (TPSA) is 24.8 Å². The van der Waals surface area contributed by atoms with Crippen molar-refractivity contribution in [3.8, 4) is 5.75 Å². The molecule has 0 unspecified atom stereocenters. The average Bonchev–Trinajstić information content (AvgIpc) is 2.68. The summed E-state index contributed by atoms with van der Waals surface area (Å²) in [4.78, 5) is 0. The van der Waals surface area contributed by atoms with Crippen LogP contribution < -0.4 is 9.75 Å². The zero-order valence-corrected chi connectivity index (χ0v) is 14.4. The molecule has 0 spiro atoms. The van der Waals surface area contributed by atoms with Crippen LogP contribution in [0, 0.1) is 0 Å². The lowest BCUT2D eigenvalue weighted by molar-refractivity contribution is 0.340. The molecule has 0 atom stereocenters. The van der Waals surface area contributed by atoms with Crippen LogP contribution in [0.3, 0.4) is 0 Å². The predicted molar refractivity (Wildman–Crippen MR) is 104 cm³/mol. The lowest BCUT2D eigenvalue weighted by Crippen LogP contribution is -2.16. The van der Waals surface area contributed by atoms with Gasteiger partial charge in [-0.3, -0.25) is 5.01 Å². The number of rotatable bonds is 7. The second-order valence-electron chi connectivity index (χ2n) is 5.59. The molecule has 0 saturated carbocycles. The fourth-order valence-corrected chi connectivity index (χ4v) is 2.56. The van der Waals surface area contributed by atoms with Gasteiger partial charge in [0.05, 0.1) is 25.1 Å². The van der Waals surface area contributed by atoms with E-state index in [0.717, 1.165) is 17.0 Å². The van der Waals surface area contributed by atoms with E-state index in [4.69, 9.17) is 9.84 Å². The molecule has 3 heteroatoms. The van der Waals surface area contributed by atoms with Crippen molar-refractivity contribution in [1.82, 2.24) is 0 Å². The van der Waals surface area contributed by atoms with Crippen LogP contribution in [-0.2, 0) is 6.54 Å². The average molecular weight is 330 g/mol. The predicted octanol–water partition coefficient (Wildman–Crippen LogP) is 5.13. The molecule has 3 nitrogen and oxygen atoms in total. The summed E-state index contributed by atoms with van der Waals surface area (Å²) in [5, 5.41) is 6.73. The molecular weight excluding hydrogens is 308 g/mol. The van der Waals surface area contributed by atoms with Crippen molar-refractivity contribution in [2.75, 3.05) is 11.6 Å². The van der Waals surface area contributed by atoms with Crippen LogP contribution in [0.15, 0.2) is 90.0 Å². The van der Waals surface area contributed by atoms with Crippen molar-refractivity contribution in [2.45, 2.75) is 13.5 Å². The molecule has 3 rings (SSSR count). The van der Waals surface area contributed by atoms with Crippen molar-refractivity contribution in [2.24, 2.45) is 5.10 Å². The highest BCUT2D eigenvalue weighted by atomic mass is 16.5. The van der Waals surface area contributed by atoms with E-state index in [1.807, 2.05) is 78.8 Å². The number of hydrogen-bond donors (Lipinski definition) is 0. The minimum Gasteiger partial charge on any atom is -0.493 e. The Kier molecular flexibility index (Phi) is 5.83. The summed E-state index contributed by atoms with van der Waals surface area (Å²) in [5.74, 6) is 0.849. The van der Waals surface area contributed by atoms with Crippen LogP contribution in [0.4, 0.5) is 5.69 Å². The van der Waals surface area contributed by atoms with Gasteiger partial charge >= 0.3 is 0 Å². The van der Waals surface area contributed by atoms with Crippen LogP contribution in [0.2, 0.25) is 0 Å². The first kappa shape index (κ1) is 16.8. The van der Waals surface area contributed by atoms with Gasteiger partial charge in [-0.05, 0) is 36.8 Å². The molecule has 0 amide bonds. The fraction of sp³-hybridized carbons (Fsp3) is 0.136. The Balaban J connectivity index is 1.87. The molecule has 0 aliphatic heterocycles. The molecule has 0 saturated heterocycles. The maximum atomic E-state index is 5.68. The van der Waals surface area contributed by atoms with Crippen molar-refractivity contribution < 1.29 is 4.74 Å². The highest BCUT2D eigenvalue weighted by Crippen LogP contribution is 2.19. The van der Waals surface area contributed by atoms with Crippen LogP contribution in [0.1, 0.15) is 18.1 Å². The molecule has 0 aliphatic rings. The van der Waals surface area contributed by atoms with Crippen molar-refractivity contribution >= 4 is 11.9 Å². The van der Waals surface area contributed by atoms with Crippen LogP contribution in [0.5, 0.6) is 5.75 Å². The van der Waals surface area contributed by atoms with Gasteiger partial charge in [0, 0.05) is 5.56 Å². The Morgan fingerprint density at radius 3 is 2.20 bits per heavy atom. The quantitative estimate of drug-likeness (QED) is 0.443. The van der Waals surface area contributed by atoms with Crippen LogP contribution in [0.25, 0.3) is 0 Å². The number of nitrogens with zero attached hydrogens (tertiary/aromatic N) is 2. The molecule has 0 N–H and O–H groups in total. The second-order valence-corrected chi connectivity index (χ2v) is 5.59. The first-order valence-electron chi connectivity index (χ1n) is 8.49. The molecule has 25 heavy (non-hydrogen) atoms. The van der Waals surface area contributed by atoms with Gasteiger partial charge in [-0.1, -0.05) is 60.7 Å². The van der Waals surface area contributed by atoms with E-state index in [-0.39, 0.29) is 0 Å².